The molecule has 0 bridgehead atoms. The van der Waals surface area contributed by atoms with Gasteiger partial charge in [-0.2, -0.15) is 5.10 Å². The van der Waals surface area contributed by atoms with E-state index in [0.717, 1.165) is 28.6 Å². The zero-order valence-corrected chi connectivity index (χ0v) is 17.4. The van der Waals surface area contributed by atoms with E-state index in [9.17, 15) is 18.4 Å². The summed E-state index contributed by atoms with van der Waals surface area (Å²) in [6, 6.07) is 13.7. The van der Waals surface area contributed by atoms with Crippen LogP contribution in [0.3, 0.4) is 0 Å². The van der Waals surface area contributed by atoms with Gasteiger partial charge < -0.3 is 10.3 Å². The molecule has 2 aromatic heterocycles. The van der Waals surface area contributed by atoms with Crippen LogP contribution < -0.4 is 10.9 Å². The number of halogens is 2. The highest BCUT2D eigenvalue weighted by atomic mass is 19.2. The largest absolute Gasteiger partial charge is 0.361 e. The number of para-hydroxylation sites is 1. The molecule has 4 aromatic rings. The summed E-state index contributed by atoms with van der Waals surface area (Å²) < 4.78 is 28.0. The predicted molar refractivity (Wildman–Crippen MR) is 118 cm³/mol. The second kappa shape index (κ2) is 9.13. The fourth-order valence-electron chi connectivity index (χ4n) is 3.60. The molecule has 2 N–H and O–H groups in total. The molecule has 0 fully saturated rings. The minimum atomic E-state index is -0.988. The van der Waals surface area contributed by atoms with Crippen molar-refractivity contribution in [2.75, 3.05) is 0 Å². The van der Waals surface area contributed by atoms with Crippen molar-refractivity contribution in [3.8, 4) is 11.3 Å². The summed E-state index contributed by atoms with van der Waals surface area (Å²) in [5.41, 5.74) is 2.20. The maximum absolute atomic E-state index is 13.6. The number of benzene rings is 2. The smallest absolute Gasteiger partial charge is 0.266 e. The SMILES string of the molecule is CC[C@H](Cn1nc(-c2ccc(F)c(F)c2)ccc1=O)NC(=O)Cc1c[nH]c2ccccc12. The number of H-pyrrole nitrogens is 1. The molecule has 0 spiro atoms. The van der Waals surface area contributed by atoms with Crippen LogP contribution in [0.15, 0.2) is 65.6 Å². The zero-order chi connectivity index (χ0) is 22.7. The quantitative estimate of drug-likeness (QED) is 0.462. The van der Waals surface area contributed by atoms with Crippen LogP contribution in [0.4, 0.5) is 8.78 Å². The minimum absolute atomic E-state index is 0.159. The number of amides is 1. The topological polar surface area (TPSA) is 79.8 Å². The highest BCUT2D eigenvalue weighted by molar-refractivity contribution is 5.88. The Morgan fingerprint density at radius 3 is 2.72 bits per heavy atom. The molecule has 6 nitrogen and oxygen atoms in total. The second-order valence-electron chi connectivity index (χ2n) is 7.58. The van der Waals surface area contributed by atoms with Crippen LogP contribution in [0.2, 0.25) is 0 Å². The van der Waals surface area contributed by atoms with E-state index in [2.05, 4.69) is 15.4 Å². The highest BCUT2D eigenvalue weighted by Crippen LogP contribution is 2.19. The van der Waals surface area contributed by atoms with Crippen LogP contribution in [0.5, 0.6) is 0 Å². The van der Waals surface area contributed by atoms with E-state index in [1.807, 2.05) is 37.4 Å². The van der Waals surface area contributed by atoms with Gasteiger partial charge in [0.15, 0.2) is 11.6 Å². The van der Waals surface area contributed by atoms with Gasteiger partial charge in [0.2, 0.25) is 5.91 Å². The molecule has 0 saturated carbocycles. The molecule has 0 aliphatic rings. The van der Waals surface area contributed by atoms with E-state index in [1.165, 1.54) is 22.9 Å². The van der Waals surface area contributed by atoms with Gasteiger partial charge in [-0.1, -0.05) is 25.1 Å². The maximum atomic E-state index is 13.6. The van der Waals surface area contributed by atoms with E-state index < -0.39 is 11.6 Å². The van der Waals surface area contributed by atoms with Crippen LogP contribution in [-0.2, 0) is 17.8 Å². The lowest BCUT2D eigenvalue weighted by molar-refractivity contribution is -0.121. The average Bonchev–Trinajstić information content (AvgIpc) is 3.19. The monoisotopic (exact) mass is 436 g/mol. The van der Waals surface area contributed by atoms with Gasteiger partial charge in [-0.15, -0.1) is 0 Å². The van der Waals surface area contributed by atoms with Gasteiger partial charge in [-0.3, -0.25) is 9.59 Å². The first-order chi connectivity index (χ1) is 15.4. The Kier molecular flexibility index (Phi) is 6.11. The van der Waals surface area contributed by atoms with Gasteiger partial charge in [0.05, 0.1) is 18.7 Å². The van der Waals surface area contributed by atoms with E-state index in [4.69, 9.17) is 0 Å². The third-order valence-electron chi connectivity index (χ3n) is 5.36. The lowest BCUT2D eigenvalue weighted by atomic mass is 10.1. The lowest BCUT2D eigenvalue weighted by Gasteiger charge is -2.18. The third-order valence-corrected chi connectivity index (χ3v) is 5.36. The van der Waals surface area contributed by atoms with Crippen molar-refractivity contribution in [2.24, 2.45) is 0 Å². The second-order valence-corrected chi connectivity index (χ2v) is 7.58. The number of aromatic amines is 1. The third kappa shape index (κ3) is 4.59. The molecule has 0 aliphatic carbocycles. The molecule has 164 valence electrons. The van der Waals surface area contributed by atoms with Gasteiger partial charge in [-0.05, 0) is 42.3 Å². The normalized spacial score (nSPS) is 12.1. The summed E-state index contributed by atoms with van der Waals surface area (Å²) in [5, 5.41) is 8.24. The van der Waals surface area contributed by atoms with Crippen LogP contribution in [-0.4, -0.2) is 26.7 Å². The van der Waals surface area contributed by atoms with Gasteiger partial charge in [0, 0.05) is 34.8 Å². The fraction of sp³-hybridized carbons (Fsp3) is 0.208. The number of carbonyl (C=O) groups is 1. The number of rotatable bonds is 7. The number of carbonyl (C=O) groups excluding carboxylic acids is 1. The van der Waals surface area contributed by atoms with Crippen molar-refractivity contribution in [2.45, 2.75) is 32.4 Å². The van der Waals surface area contributed by atoms with Crippen LogP contribution in [0, 0.1) is 11.6 Å². The van der Waals surface area contributed by atoms with Crippen LogP contribution in [0.25, 0.3) is 22.2 Å². The Morgan fingerprint density at radius 1 is 1.12 bits per heavy atom. The highest BCUT2D eigenvalue weighted by Gasteiger charge is 2.15. The summed E-state index contributed by atoms with van der Waals surface area (Å²) in [6.07, 6.45) is 2.61. The standard InChI is InChI=1S/C24H22F2N4O2/c1-2-17(28-23(31)12-16-13-27-22-6-4-3-5-18(16)22)14-30-24(32)10-9-21(29-30)15-7-8-19(25)20(26)11-15/h3-11,13,17,27H,2,12,14H2,1H3,(H,28,31)/t17-/m1/s1. The zero-order valence-electron chi connectivity index (χ0n) is 17.4. The van der Waals surface area contributed by atoms with Crippen LogP contribution in [0.1, 0.15) is 18.9 Å². The maximum Gasteiger partial charge on any atom is 0.266 e. The van der Waals surface area contributed by atoms with Crippen molar-refractivity contribution >= 4 is 16.8 Å². The number of fused-ring (bicyclic) bond motifs is 1. The number of nitrogens with one attached hydrogen (secondary N) is 2. The van der Waals surface area contributed by atoms with E-state index in [-0.39, 0.29) is 30.5 Å². The van der Waals surface area contributed by atoms with Gasteiger partial charge in [0.1, 0.15) is 0 Å². The van der Waals surface area contributed by atoms with E-state index in [0.29, 0.717) is 17.7 Å². The number of hydrogen-bond donors (Lipinski definition) is 2. The molecule has 0 saturated heterocycles. The van der Waals surface area contributed by atoms with Crippen molar-refractivity contribution in [1.29, 1.82) is 0 Å². The van der Waals surface area contributed by atoms with Crippen LogP contribution >= 0.6 is 0 Å². The van der Waals surface area contributed by atoms with Gasteiger partial charge in [0.25, 0.3) is 5.56 Å². The Labute approximate surface area is 182 Å². The summed E-state index contributed by atoms with van der Waals surface area (Å²) in [7, 11) is 0. The first kappa shape index (κ1) is 21.4. The molecule has 8 heteroatoms. The number of aromatic nitrogens is 3. The predicted octanol–water partition coefficient (Wildman–Crippen LogP) is 3.81. The summed E-state index contributed by atoms with van der Waals surface area (Å²) in [5.74, 6) is -2.10. The minimum Gasteiger partial charge on any atom is -0.361 e. The molecule has 2 aromatic carbocycles. The molecule has 0 radical (unpaired) electrons. The van der Waals surface area contributed by atoms with Crippen molar-refractivity contribution in [3.63, 3.8) is 0 Å². The molecular formula is C24H22F2N4O2. The molecule has 2 heterocycles. The lowest BCUT2D eigenvalue weighted by Crippen LogP contribution is -2.41. The first-order valence-corrected chi connectivity index (χ1v) is 10.3. The Morgan fingerprint density at radius 2 is 1.94 bits per heavy atom. The molecule has 32 heavy (non-hydrogen) atoms. The molecule has 1 amide bonds. The van der Waals surface area contributed by atoms with E-state index in [1.54, 1.807) is 0 Å². The summed E-state index contributed by atoms with van der Waals surface area (Å²) in [4.78, 5) is 28.1. The van der Waals surface area contributed by atoms with Crippen molar-refractivity contribution < 1.29 is 13.6 Å². The Bertz CT molecular complexity index is 1330. The first-order valence-electron chi connectivity index (χ1n) is 10.3. The summed E-state index contributed by atoms with van der Waals surface area (Å²) in [6.45, 7) is 2.06. The number of hydrogen-bond acceptors (Lipinski definition) is 3. The molecule has 4 rings (SSSR count). The fourth-order valence-corrected chi connectivity index (χ4v) is 3.60. The average molecular weight is 436 g/mol. The van der Waals surface area contributed by atoms with Gasteiger partial charge >= 0.3 is 0 Å². The Balaban J connectivity index is 1.48. The van der Waals surface area contributed by atoms with E-state index >= 15 is 0 Å². The number of nitrogens with zero attached hydrogens (tertiary/aromatic N) is 2. The summed E-state index contributed by atoms with van der Waals surface area (Å²) >= 11 is 0. The van der Waals surface area contributed by atoms with Crippen molar-refractivity contribution in [3.05, 3.63) is 88.3 Å². The Hall–Kier alpha value is -3.81. The van der Waals surface area contributed by atoms with Gasteiger partial charge in [-0.25, -0.2) is 13.5 Å². The van der Waals surface area contributed by atoms with Crippen molar-refractivity contribution in [1.82, 2.24) is 20.1 Å². The molecule has 0 aliphatic heterocycles. The molecular weight excluding hydrogens is 414 g/mol. The molecule has 1 atom stereocenters. The molecule has 0 unspecified atom stereocenters.